The van der Waals surface area contributed by atoms with E-state index in [9.17, 15) is 14.7 Å². The highest BCUT2D eigenvalue weighted by atomic mass is 16.4. The molecule has 0 spiro atoms. The fourth-order valence-electron chi connectivity index (χ4n) is 0.828. The third-order valence-corrected chi connectivity index (χ3v) is 1.55. The summed E-state index contributed by atoms with van der Waals surface area (Å²) in [6, 6.07) is 0. The van der Waals surface area contributed by atoms with Crippen molar-refractivity contribution in [1.29, 1.82) is 0 Å². The van der Waals surface area contributed by atoms with Crippen LogP contribution in [0.2, 0.25) is 0 Å². The Morgan fingerprint density at radius 1 is 1.50 bits per heavy atom. The zero-order chi connectivity index (χ0) is 12.6. The Kier molecular flexibility index (Phi) is 6.27. The van der Waals surface area contributed by atoms with Crippen molar-refractivity contribution in [3.8, 4) is 0 Å². The van der Waals surface area contributed by atoms with E-state index in [1.165, 1.54) is 0 Å². The highest BCUT2D eigenvalue weighted by molar-refractivity contribution is 5.88. The van der Waals surface area contributed by atoms with Crippen LogP contribution in [0.15, 0.2) is 30.9 Å². The minimum Gasteiger partial charge on any atom is -0.545 e. The van der Waals surface area contributed by atoms with Crippen molar-refractivity contribution >= 4 is 11.9 Å². The number of carbonyl (C=O) groups excluding carboxylic acids is 1. The van der Waals surface area contributed by atoms with Gasteiger partial charge in [-0.25, -0.2) is 13.9 Å². The van der Waals surface area contributed by atoms with E-state index in [0.717, 1.165) is 6.54 Å². The summed E-state index contributed by atoms with van der Waals surface area (Å²) in [6.07, 6.45) is 7.08. The third kappa shape index (κ3) is 7.31. The average molecular weight is 226 g/mol. The molecule has 0 saturated carbocycles. The van der Waals surface area contributed by atoms with Gasteiger partial charge in [0, 0.05) is 6.08 Å². The quantitative estimate of drug-likeness (QED) is 0.513. The normalized spacial score (nSPS) is 9.62. The van der Waals surface area contributed by atoms with Crippen LogP contribution in [0.4, 0.5) is 0 Å². The number of hydrogen-bond acceptors (Lipinski definition) is 3. The van der Waals surface area contributed by atoms with Crippen LogP contribution < -0.4 is 9.67 Å². The molecule has 1 aromatic rings. The summed E-state index contributed by atoms with van der Waals surface area (Å²) in [6.45, 7) is 3.18. The maximum absolute atomic E-state index is 9.53. The molecule has 0 aromatic carbocycles. The lowest BCUT2D eigenvalue weighted by molar-refractivity contribution is -0.671. The van der Waals surface area contributed by atoms with Gasteiger partial charge in [-0.05, 0) is 13.0 Å². The summed E-state index contributed by atoms with van der Waals surface area (Å²) >= 11 is 0. The van der Waals surface area contributed by atoms with Crippen molar-refractivity contribution in [3.05, 3.63) is 30.9 Å². The van der Waals surface area contributed by atoms with Gasteiger partial charge >= 0.3 is 5.97 Å². The Morgan fingerprint density at radius 3 is 2.31 bits per heavy atom. The predicted molar refractivity (Wildman–Crippen MR) is 53.1 cm³/mol. The number of carboxylic acid groups (broad SMARTS) is 2. The van der Waals surface area contributed by atoms with Gasteiger partial charge in [-0.15, -0.1) is 0 Å². The topological polar surface area (TPSA) is 86.2 Å². The molecule has 1 heterocycles. The second-order valence-electron chi connectivity index (χ2n) is 2.90. The summed E-state index contributed by atoms with van der Waals surface area (Å²) in [5.74, 6) is -2.80. The van der Waals surface area contributed by atoms with Crippen LogP contribution in [-0.2, 0) is 23.2 Å². The Labute approximate surface area is 93.1 Å². The SMILES string of the molecule is CCn1cc[n+](C)c1.O=C([O-])C=CC(=O)O. The van der Waals surface area contributed by atoms with Crippen LogP contribution >= 0.6 is 0 Å². The minimum atomic E-state index is -1.51. The fourth-order valence-corrected chi connectivity index (χ4v) is 0.828. The van der Waals surface area contributed by atoms with Gasteiger partial charge in [0.15, 0.2) is 0 Å². The van der Waals surface area contributed by atoms with E-state index in [1.54, 1.807) is 0 Å². The van der Waals surface area contributed by atoms with Crippen LogP contribution in [0.5, 0.6) is 0 Å². The maximum atomic E-state index is 9.53. The second-order valence-corrected chi connectivity index (χ2v) is 2.90. The molecule has 6 heteroatoms. The second kappa shape index (κ2) is 7.22. The lowest BCUT2D eigenvalue weighted by Gasteiger charge is -1.85. The average Bonchev–Trinajstić information content (AvgIpc) is 2.62. The fraction of sp³-hybridized carbons (Fsp3) is 0.300. The standard InChI is InChI=1S/C6H11N2.C4H4O4/c1-3-8-5-4-7(2)6-8;5-3(6)1-2-4(7)8/h4-6H,3H2,1-2H3;1-2H,(H,5,6)(H,7,8)/q+1;/p-1. The van der Waals surface area contributed by atoms with Gasteiger partial charge in [-0.1, -0.05) is 0 Å². The molecule has 0 aliphatic carbocycles. The van der Waals surface area contributed by atoms with E-state index in [0.29, 0.717) is 12.2 Å². The zero-order valence-corrected chi connectivity index (χ0v) is 9.16. The van der Waals surface area contributed by atoms with Gasteiger partial charge in [-0.3, -0.25) is 0 Å². The van der Waals surface area contributed by atoms with Crippen LogP contribution in [-0.4, -0.2) is 21.6 Å². The largest absolute Gasteiger partial charge is 0.545 e. The number of aromatic nitrogens is 2. The predicted octanol–water partition coefficient (Wildman–Crippen LogP) is -1.29. The molecule has 6 nitrogen and oxygen atoms in total. The van der Waals surface area contributed by atoms with Gasteiger partial charge < -0.3 is 15.0 Å². The first-order chi connectivity index (χ1) is 7.45. The Bertz CT molecular complexity index is 366. The molecule has 0 aliphatic heterocycles. The van der Waals surface area contributed by atoms with Gasteiger partial charge in [0.05, 0.1) is 19.6 Å². The van der Waals surface area contributed by atoms with Crippen LogP contribution in [0.3, 0.4) is 0 Å². The molecule has 0 unspecified atom stereocenters. The summed E-state index contributed by atoms with van der Waals surface area (Å²) in [7, 11) is 2.02. The van der Waals surface area contributed by atoms with Crippen molar-refractivity contribution in [2.75, 3.05) is 0 Å². The molecule has 0 atom stereocenters. The van der Waals surface area contributed by atoms with E-state index in [2.05, 4.69) is 24.0 Å². The molecule has 1 aromatic heterocycles. The summed E-state index contributed by atoms with van der Waals surface area (Å²) < 4.78 is 4.16. The first kappa shape index (κ1) is 13.9. The lowest BCUT2D eigenvalue weighted by Crippen LogP contribution is -2.23. The first-order valence-electron chi connectivity index (χ1n) is 4.58. The molecule has 16 heavy (non-hydrogen) atoms. The number of aliphatic carboxylic acids is 2. The van der Waals surface area contributed by atoms with Crippen molar-refractivity contribution in [2.45, 2.75) is 13.5 Å². The molecule has 88 valence electrons. The van der Waals surface area contributed by atoms with E-state index >= 15 is 0 Å². The van der Waals surface area contributed by atoms with Crippen molar-refractivity contribution in [2.24, 2.45) is 7.05 Å². The maximum Gasteiger partial charge on any atom is 0.328 e. The van der Waals surface area contributed by atoms with Crippen molar-refractivity contribution in [1.82, 2.24) is 4.57 Å². The number of imidazole rings is 1. The Balaban J connectivity index is 0.000000281. The lowest BCUT2D eigenvalue weighted by atomic mass is 10.5. The molecule has 0 bridgehead atoms. The molecular formula is C10H14N2O4. The minimum absolute atomic E-state index is 0.447. The summed E-state index contributed by atoms with van der Waals surface area (Å²) in [5, 5.41) is 17.2. The number of nitrogens with zero attached hydrogens (tertiary/aromatic N) is 2. The van der Waals surface area contributed by atoms with E-state index in [1.807, 2.05) is 17.8 Å². The van der Waals surface area contributed by atoms with Crippen LogP contribution in [0.1, 0.15) is 6.92 Å². The number of carboxylic acids is 2. The van der Waals surface area contributed by atoms with E-state index in [-0.39, 0.29) is 0 Å². The highest BCUT2D eigenvalue weighted by Gasteiger charge is 1.92. The summed E-state index contributed by atoms with van der Waals surface area (Å²) in [4.78, 5) is 19.0. The molecule has 1 rings (SSSR count). The monoisotopic (exact) mass is 226 g/mol. The number of carbonyl (C=O) groups is 2. The van der Waals surface area contributed by atoms with Crippen LogP contribution in [0, 0.1) is 0 Å². The highest BCUT2D eigenvalue weighted by Crippen LogP contribution is 1.79. The molecule has 1 N–H and O–H groups in total. The van der Waals surface area contributed by atoms with Gasteiger partial charge in [0.25, 0.3) is 0 Å². The summed E-state index contributed by atoms with van der Waals surface area (Å²) in [5.41, 5.74) is 0. The third-order valence-electron chi connectivity index (χ3n) is 1.55. The zero-order valence-electron chi connectivity index (χ0n) is 9.16. The van der Waals surface area contributed by atoms with Gasteiger partial charge in [0.1, 0.15) is 12.4 Å². The Hall–Kier alpha value is -2.11. The van der Waals surface area contributed by atoms with Gasteiger partial charge in [0.2, 0.25) is 6.33 Å². The Morgan fingerprint density at radius 2 is 2.12 bits per heavy atom. The smallest absolute Gasteiger partial charge is 0.328 e. The van der Waals surface area contributed by atoms with Crippen molar-refractivity contribution < 1.29 is 24.4 Å². The molecule has 0 radical (unpaired) electrons. The molecule has 0 fully saturated rings. The van der Waals surface area contributed by atoms with E-state index in [4.69, 9.17) is 5.11 Å². The number of aryl methyl sites for hydroxylation is 2. The number of rotatable bonds is 3. The van der Waals surface area contributed by atoms with Crippen molar-refractivity contribution in [3.63, 3.8) is 0 Å². The molecular weight excluding hydrogens is 212 g/mol. The molecule has 0 saturated heterocycles. The van der Waals surface area contributed by atoms with Crippen LogP contribution in [0.25, 0.3) is 0 Å². The van der Waals surface area contributed by atoms with Gasteiger partial charge in [-0.2, -0.15) is 0 Å². The molecule has 0 amide bonds. The number of hydrogen-bond donors (Lipinski definition) is 1. The first-order valence-corrected chi connectivity index (χ1v) is 4.58. The molecule has 0 aliphatic rings. The van der Waals surface area contributed by atoms with E-state index < -0.39 is 11.9 Å².